The zero-order chi connectivity index (χ0) is 13.9. The van der Waals surface area contributed by atoms with E-state index in [1.165, 1.54) is 58.2 Å². The Kier molecular flexibility index (Phi) is 5.24. The lowest BCUT2D eigenvalue weighted by molar-refractivity contribution is 0.0845. The van der Waals surface area contributed by atoms with E-state index in [-0.39, 0.29) is 5.41 Å². The van der Waals surface area contributed by atoms with Crippen LogP contribution in [-0.2, 0) is 0 Å². The molecule has 3 heteroatoms. The summed E-state index contributed by atoms with van der Waals surface area (Å²) in [6.45, 7) is 8.23. The van der Waals surface area contributed by atoms with Gasteiger partial charge >= 0.3 is 0 Å². The molecule has 0 aromatic heterocycles. The van der Waals surface area contributed by atoms with Crippen molar-refractivity contribution in [3.8, 4) is 0 Å². The molecule has 2 rings (SSSR count). The average molecular weight is 282 g/mol. The number of rotatable bonds is 5. The van der Waals surface area contributed by atoms with Gasteiger partial charge in [0, 0.05) is 12.0 Å². The van der Waals surface area contributed by atoms with Crippen molar-refractivity contribution in [3.05, 3.63) is 0 Å². The van der Waals surface area contributed by atoms with Gasteiger partial charge in [0.2, 0.25) is 0 Å². The quantitative estimate of drug-likeness (QED) is 0.781. The molecule has 2 fully saturated rings. The van der Waals surface area contributed by atoms with E-state index in [9.17, 15) is 0 Å². The van der Waals surface area contributed by atoms with E-state index in [4.69, 9.17) is 18.0 Å². The third-order valence-electron chi connectivity index (χ3n) is 5.32. The Morgan fingerprint density at radius 2 is 1.89 bits per heavy atom. The van der Waals surface area contributed by atoms with Crippen LogP contribution in [0.1, 0.15) is 58.8 Å². The van der Waals surface area contributed by atoms with Gasteiger partial charge in [0.05, 0.1) is 4.99 Å². The molecule has 1 aliphatic carbocycles. The van der Waals surface area contributed by atoms with E-state index in [0.717, 1.165) is 18.3 Å². The molecule has 0 spiro atoms. The Labute approximate surface area is 124 Å². The van der Waals surface area contributed by atoms with Gasteiger partial charge in [-0.05, 0) is 50.6 Å². The Morgan fingerprint density at radius 3 is 2.58 bits per heavy atom. The predicted molar refractivity (Wildman–Crippen MR) is 86.3 cm³/mol. The molecule has 1 heterocycles. The SMILES string of the molecule is CC(C)(CCCN1CCC2CCCCC2C1)C(N)=S. The van der Waals surface area contributed by atoms with Crippen LogP contribution >= 0.6 is 12.2 Å². The van der Waals surface area contributed by atoms with Gasteiger partial charge in [-0.15, -0.1) is 0 Å². The Bertz CT molecular complexity index is 314. The summed E-state index contributed by atoms with van der Waals surface area (Å²) in [6.07, 6.45) is 9.68. The summed E-state index contributed by atoms with van der Waals surface area (Å²) < 4.78 is 0. The van der Waals surface area contributed by atoms with Crippen LogP contribution < -0.4 is 5.73 Å². The largest absolute Gasteiger partial charge is 0.393 e. The van der Waals surface area contributed by atoms with Crippen LogP contribution in [0, 0.1) is 17.3 Å². The van der Waals surface area contributed by atoms with E-state index in [0.29, 0.717) is 4.99 Å². The topological polar surface area (TPSA) is 29.3 Å². The molecular formula is C16H30N2S. The van der Waals surface area contributed by atoms with Crippen molar-refractivity contribution in [2.24, 2.45) is 23.0 Å². The van der Waals surface area contributed by atoms with Gasteiger partial charge in [-0.25, -0.2) is 0 Å². The fourth-order valence-electron chi connectivity index (χ4n) is 3.75. The summed E-state index contributed by atoms with van der Waals surface area (Å²) in [7, 11) is 0. The zero-order valence-corrected chi connectivity index (χ0v) is 13.5. The van der Waals surface area contributed by atoms with Crippen LogP contribution in [0.4, 0.5) is 0 Å². The van der Waals surface area contributed by atoms with Gasteiger partial charge in [0.15, 0.2) is 0 Å². The van der Waals surface area contributed by atoms with Crippen molar-refractivity contribution in [1.29, 1.82) is 0 Å². The van der Waals surface area contributed by atoms with Gasteiger partial charge in [-0.2, -0.15) is 0 Å². The highest BCUT2D eigenvalue weighted by Crippen LogP contribution is 2.36. The summed E-state index contributed by atoms with van der Waals surface area (Å²) in [5, 5.41) is 0. The molecule has 1 saturated carbocycles. The second kappa shape index (κ2) is 6.53. The second-order valence-electron chi connectivity index (χ2n) is 7.25. The van der Waals surface area contributed by atoms with Crippen molar-refractivity contribution >= 4 is 17.2 Å². The molecule has 0 bridgehead atoms. The molecule has 2 atom stereocenters. The van der Waals surface area contributed by atoms with Crippen LogP contribution in [0.5, 0.6) is 0 Å². The van der Waals surface area contributed by atoms with E-state index < -0.39 is 0 Å². The minimum Gasteiger partial charge on any atom is -0.393 e. The van der Waals surface area contributed by atoms with E-state index >= 15 is 0 Å². The van der Waals surface area contributed by atoms with Gasteiger partial charge in [0.1, 0.15) is 0 Å². The molecule has 0 aromatic rings. The molecule has 1 aliphatic heterocycles. The smallest absolute Gasteiger partial charge is 0.0784 e. The lowest BCUT2D eigenvalue weighted by atomic mass is 9.75. The van der Waals surface area contributed by atoms with E-state index in [2.05, 4.69) is 18.7 Å². The van der Waals surface area contributed by atoms with E-state index in [1.807, 2.05) is 0 Å². The number of hydrogen-bond acceptors (Lipinski definition) is 2. The molecule has 0 aromatic carbocycles. The lowest BCUT2D eigenvalue weighted by Crippen LogP contribution is -2.42. The first-order valence-electron chi connectivity index (χ1n) is 8.01. The highest BCUT2D eigenvalue weighted by molar-refractivity contribution is 7.80. The van der Waals surface area contributed by atoms with Gasteiger partial charge in [-0.3, -0.25) is 0 Å². The van der Waals surface area contributed by atoms with Crippen LogP contribution in [-0.4, -0.2) is 29.5 Å². The predicted octanol–water partition coefficient (Wildman–Crippen LogP) is 3.59. The lowest BCUT2D eigenvalue weighted by Gasteiger charge is -2.41. The number of hydrogen-bond donors (Lipinski definition) is 1. The number of thiocarbonyl (C=S) groups is 1. The molecule has 2 unspecified atom stereocenters. The minimum absolute atomic E-state index is 0.0263. The maximum atomic E-state index is 5.79. The number of piperidine rings is 1. The van der Waals surface area contributed by atoms with Crippen LogP contribution in [0.15, 0.2) is 0 Å². The van der Waals surface area contributed by atoms with Crippen molar-refractivity contribution in [3.63, 3.8) is 0 Å². The minimum atomic E-state index is 0.0263. The number of likely N-dealkylation sites (tertiary alicyclic amines) is 1. The monoisotopic (exact) mass is 282 g/mol. The van der Waals surface area contributed by atoms with Crippen LogP contribution in [0.2, 0.25) is 0 Å². The summed E-state index contributed by atoms with van der Waals surface area (Å²) >= 11 is 5.14. The molecular weight excluding hydrogens is 252 g/mol. The standard InChI is InChI=1S/C16H30N2S/c1-16(2,15(17)19)9-5-10-18-11-8-13-6-3-4-7-14(13)12-18/h13-14H,3-12H2,1-2H3,(H2,17,19). The molecule has 1 saturated heterocycles. The molecule has 19 heavy (non-hydrogen) atoms. The third kappa shape index (κ3) is 4.16. The Hall–Kier alpha value is -0.150. The first kappa shape index (κ1) is 15.2. The summed E-state index contributed by atoms with van der Waals surface area (Å²) in [6, 6.07) is 0. The first-order chi connectivity index (χ1) is 8.99. The average Bonchev–Trinajstić information content (AvgIpc) is 2.38. The molecule has 2 N–H and O–H groups in total. The number of nitrogens with two attached hydrogens (primary N) is 1. The van der Waals surface area contributed by atoms with Crippen molar-refractivity contribution in [2.45, 2.75) is 58.8 Å². The summed E-state index contributed by atoms with van der Waals surface area (Å²) in [5.41, 5.74) is 5.82. The summed E-state index contributed by atoms with van der Waals surface area (Å²) in [5.74, 6) is 2.03. The van der Waals surface area contributed by atoms with Crippen LogP contribution in [0.25, 0.3) is 0 Å². The molecule has 0 radical (unpaired) electrons. The highest BCUT2D eigenvalue weighted by Gasteiger charge is 2.31. The maximum Gasteiger partial charge on any atom is 0.0784 e. The first-order valence-corrected chi connectivity index (χ1v) is 8.42. The van der Waals surface area contributed by atoms with Gasteiger partial charge in [0.25, 0.3) is 0 Å². The normalized spacial score (nSPS) is 28.9. The molecule has 0 amide bonds. The van der Waals surface area contributed by atoms with E-state index in [1.54, 1.807) is 0 Å². The number of nitrogens with zero attached hydrogens (tertiary/aromatic N) is 1. The second-order valence-corrected chi connectivity index (χ2v) is 7.69. The van der Waals surface area contributed by atoms with Crippen molar-refractivity contribution in [1.82, 2.24) is 4.90 Å². The summed E-state index contributed by atoms with van der Waals surface area (Å²) in [4.78, 5) is 3.35. The van der Waals surface area contributed by atoms with Crippen molar-refractivity contribution < 1.29 is 0 Å². The highest BCUT2D eigenvalue weighted by atomic mass is 32.1. The molecule has 110 valence electrons. The molecule has 2 nitrogen and oxygen atoms in total. The van der Waals surface area contributed by atoms with Crippen molar-refractivity contribution in [2.75, 3.05) is 19.6 Å². The fraction of sp³-hybridized carbons (Fsp3) is 0.938. The molecule has 2 aliphatic rings. The Morgan fingerprint density at radius 1 is 1.21 bits per heavy atom. The Balaban J connectivity index is 1.71. The van der Waals surface area contributed by atoms with Gasteiger partial charge < -0.3 is 10.6 Å². The third-order valence-corrected chi connectivity index (χ3v) is 5.87. The zero-order valence-electron chi connectivity index (χ0n) is 12.7. The number of fused-ring (bicyclic) bond motifs is 1. The maximum absolute atomic E-state index is 5.79. The van der Waals surface area contributed by atoms with Gasteiger partial charge in [-0.1, -0.05) is 45.3 Å². The fourth-order valence-corrected chi connectivity index (χ4v) is 3.85. The van der Waals surface area contributed by atoms with Crippen LogP contribution in [0.3, 0.4) is 0 Å².